The predicted octanol–water partition coefficient (Wildman–Crippen LogP) is 4.33. The topological polar surface area (TPSA) is 69.0 Å². The molecule has 0 radical (unpaired) electrons. The van der Waals surface area contributed by atoms with Crippen LogP contribution in [0.3, 0.4) is 0 Å². The Labute approximate surface area is 179 Å². The molecule has 0 saturated heterocycles. The average Bonchev–Trinajstić information content (AvgIpc) is 3.06. The number of nitrogens with one attached hydrogen (secondary N) is 1. The number of thioether (sulfide) groups is 1. The van der Waals surface area contributed by atoms with E-state index in [0.29, 0.717) is 22.5 Å². The molecule has 6 nitrogen and oxygen atoms in total. The van der Waals surface area contributed by atoms with Crippen molar-refractivity contribution in [2.45, 2.75) is 31.7 Å². The number of hydrogen-bond acceptors (Lipinski definition) is 5. The molecule has 0 aliphatic heterocycles. The first-order chi connectivity index (χ1) is 13.9. The van der Waals surface area contributed by atoms with Crippen molar-refractivity contribution >= 4 is 29.3 Å². The molecule has 1 atom stereocenters. The molecule has 1 unspecified atom stereocenters. The van der Waals surface area contributed by atoms with Crippen molar-refractivity contribution in [3.05, 3.63) is 70.5 Å². The summed E-state index contributed by atoms with van der Waals surface area (Å²) in [5.74, 6) is 1.68. The maximum absolute atomic E-state index is 12.1. The molecule has 29 heavy (non-hydrogen) atoms. The van der Waals surface area contributed by atoms with E-state index in [4.69, 9.17) is 16.3 Å². The number of amides is 1. The van der Waals surface area contributed by atoms with Gasteiger partial charge in [-0.1, -0.05) is 47.6 Å². The molecular formula is C21H23ClN4O2S. The SMILES string of the molecule is Cc1cccc(OC(C)c2nnc(SCC(=O)NCc3ccc(Cl)cc3)n2C)c1. The number of carbonyl (C=O) groups excluding carboxylic acids is 1. The molecule has 1 amide bonds. The fourth-order valence-electron chi connectivity index (χ4n) is 2.74. The van der Waals surface area contributed by atoms with E-state index in [1.54, 1.807) is 12.1 Å². The molecule has 1 heterocycles. The minimum absolute atomic E-state index is 0.0708. The van der Waals surface area contributed by atoms with E-state index >= 15 is 0 Å². The normalized spacial score (nSPS) is 11.9. The fraction of sp³-hybridized carbons (Fsp3) is 0.286. The summed E-state index contributed by atoms with van der Waals surface area (Å²) in [4.78, 5) is 12.1. The van der Waals surface area contributed by atoms with Crippen LogP contribution in [-0.4, -0.2) is 26.4 Å². The van der Waals surface area contributed by atoms with E-state index < -0.39 is 0 Å². The van der Waals surface area contributed by atoms with Crippen molar-refractivity contribution in [1.82, 2.24) is 20.1 Å². The molecule has 8 heteroatoms. The second-order valence-electron chi connectivity index (χ2n) is 6.67. The third kappa shape index (κ3) is 5.98. The molecular weight excluding hydrogens is 408 g/mol. The van der Waals surface area contributed by atoms with Gasteiger partial charge in [0, 0.05) is 18.6 Å². The summed E-state index contributed by atoms with van der Waals surface area (Å²) >= 11 is 7.21. The molecule has 1 aromatic heterocycles. The summed E-state index contributed by atoms with van der Waals surface area (Å²) in [7, 11) is 1.87. The van der Waals surface area contributed by atoms with Crippen LogP contribution >= 0.6 is 23.4 Å². The third-order valence-corrected chi connectivity index (χ3v) is 5.54. The molecule has 1 N–H and O–H groups in total. The van der Waals surface area contributed by atoms with E-state index in [0.717, 1.165) is 16.9 Å². The first-order valence-corrected chi connectivity index (χ1v) is 10.6. The van der Waals surface area contributed by atoms with Crippen LogP contribution in [0.1, 0.15) is 30.0 Å². The van der Waals surface area contributed by atoms with Gasteiger partial charge in [0.2, 0.25) is 5.91 Å². The van der Waals surface area contributed by atoms with Gasteiger partial charge >= 0.3 is 0 Å². The van der Waals surface area contributed by atoms with Crippen LogP contribution in [0.15, 0.2) is 53.7 Å². The van der Waals surface area contributed by atoms with Gasteiger partial charge in [-0.15, -0.1) is 10.2 Å². The van der Waals surface area contributed by atoms with Crippen molar-refractivity contribution in [2.24, 2.45) is 7.05 Å². The Morgan fingerprint density at radius 1 is 1.24 bits per heavy atom. The van der Waals surface area contributed by atoms with Gasteiger partial charge in [-0.2, -0.15) is 0 Å². The molecule has 0 bridgehead atoms. The van der Waals surface area contributed by atoms with Crippen LogP contribution in [0, 0.1) is 6.92 Å². The highest BCUT2D eigenvalue weighted by atomic mass is 35.5. The van der Waals surface area contributed by atoms with Gasteiger partial charge in [0.15, 0.2) is 17.1 Å². The molecule has 3 aromatic rings. The first-order valence-electron chi connectivity index (χ1n) is 9.19. The van der Waals surface area contributed by atoms with Gasteiger partial charge in [0.05, 0.1) is 5.75 Å². The number of hydrogen-bond donors (Lipinski definition) is 1. The van der Waals surface area contributed by atoms with E-state index in [2.05, 4.69) is 15.5 Å². The minimum atomic E-state index is -0.262. The number of ether oxygens (including phenoxy) is 1. The van der Waals surface area contributed by atoms with Crippen LogP contribution in [0.4, 0.5) is 0 Å². The van der Waals surface area contributed by atoms with Gasteiger partial charge in [0.1, 0.15) is 5.75 Å². The van der Waals surface area contributed by atoms with Crippen molar-refractivity contribution < 1.29 is 9.53 Å². The van der Waals surface area contributed by atoms with Crippen LogP contribution in [-0.2, 0) is 18.4 Å². The zero-order chi connectivity index (χ0) is 20.8. The Hall–Kier alpha value is -2.51. The zero-order valence-electron chi connectivity index (χ0n) is 16.6. The lowest BCUT2D eigenvalue weighted by molar-refractivity contribution is -0.118. The monoisotopic (exact) mass is 430 g/mol. The Balaban J connectivity index is 1.52. The highest BCUT2D eigenvalue weighted by Crippen LogP contribution is 2.24. The molecule has 0 aliphatic rings. The van der Waals surface area contributed by atoms with E-state index in [1.165, 1.54) is 11.8 Å². The van der Waals surface area contributed by atoms with Crippen LogP contribution in [0.5, 0.6) is 5.75 Å². The summed E-state index contributed by atoms with van der Waals surface area (Å²) in [6.45, 7) is 4.41. The third-order valence-electron chi connectivity index (χ3n) is 4.27. The van der Waals surface area contributed by atoms with Crippen molar-refractivity contribution in [3.63, 3.8) is 0 Å². The lowest BCUT2D eigenvalue weighted by Gasteiger charge is -2.14. The van der Waals surface area contributed by atoms with Gasteiger partial charge in [-0.3, -0.25) is 4.79 Å². The summed E-state index contributed by atoms with van der Waals surface area (Å²) in [5.41, 5.74) is 2.13. The largest absolute Gasteiger partial charge is 0.483 e. The molecule has 2 aromatic carbocycles. The second-order valence-corrected chi connectivity index (χ2v) is 8.05. The standard InChI is InChI=1S/C21H23ClN4O2S/c1-14-5-4-6-18(11-14)28-15(2)20-24-25-21(26(20)3)29-13-19(27)23-12-16-7-9-17(22)10-8-16/h4-11,15H,12-13H2,1-3H3,(H,23,27). The van der Waals surface area contributed by atoms with E-state index in [1.807, 2.05) is 61.9 Å². The average molecular weight is 431 g/mol. The van der Waals surface area contributed by atoms with Crippen LogP contribution < -0.4 is 10.1 Å². The number of aromatic nitrogens is 3. The number of nitrogens with zero attached hydrogens (tertiary/aromatic N) is 3. The Morgan fingerprint density at radius 2 is 2.00 bits per heavy atom. The maximum atomic E-state index is 12.1. The Kier molecular flexibility index (Phi) is 7.17. The smallest absolute Gasteiger partial charge is 0.230 e. The molecule has 152 valence electrons. The highest BCUT2D eigenvalue weighted by Gasteiger charge is 2.18. The van der Waals surface area contributed by atoms with Crippen LogP contribution in [0.2, 0.25) is 5.02 Å². The highest BCUT2D eigenvalue weighted by molar-refractivity contribution is 7.99. The van der Waals surface area contributed by atoms with Gasteiger partial charge in [-0.25, -0.2) is 0 Å². The minimum Gasteiger partial charge on any atom is -0.483 e. The van der Waals surface area contributed by atoms with Gasteiger partial charge < -0.3 is 14.6 Å². The number of aryl methyl sites for hydroxylation is 1. The Bertz CT molecular complexity index is 975. The lowest BCUT2D eigenvalue weighted by Crippen LogP contribution is -2.24. The zero-order valence-corrected chi connectivity index (χ0v) is 18.1. The fourth-order valence-corrected chi connectivity index (χ4v) is 3.61. The van der Waals surface area contributed by atoms with Gasteiger partial charge in [0.25, 0.3) is 0 Å². The number of halogens is 1. The molecule has 3 rings (SSSR count). The maximum Gasteiger partial charge on any atom is 0.230 e. The van der Waals surface area contributed by atoms with Crippen molar-refractivity contribution in [3.8, 4) is 5.75 Å². The Morgan fingerprint density at radius 3 is 2.72 bits per heavy atom. The summed E-state index contributed by atoms with van der Waals surface area (Å²) in [6.07, 6.45) is -0.262. The predicted molar refractivity (Wildman–Crippen MR) is 115 cm³/mol. The molecule has 0 fully saturated rings. The molecule has 0 aliphatic carbocycles. The summed E-state index contributed by atoms with van der Waals surface area (Å²) < 4.78 is 7.83. The number of carbonyl (C=O) groups is 1. The molecule has 0 spiro atoms. The van der Waals surface area contributed by atoms with Gasteiger partial charge in [-0.05, 0) is 49.2 Å². The van der Waals surface area contributed by atoms with Crippen LogP contribution in [0.25, 0.3) is 0 Å². The number of rotatable bonds is 8. The van der Waals surface area contributed by atoms with E-state index in [9.17, 15) is 4.79 Å². The van der Waals surface area contributed by atoms with Crippen molar-refractivity contribution in [2.75, 3.05) is 5.75 Å². The first kappa shape index (κ1) is 21.2. The number of benzene rings is 2. The lowest BCUT2D eigenvalue weighted by atomic mass is 10.2. The summed E-state index contributed by atoms with van der Waals surface area (Å²) in [6, 6.07) is 15.3. The second kappa shape index (κ2) is 9.80. The van der Waals surface area contributed by atoms with E-state index in [-0.39, 0.29) is 17.8 Å². The van der Waals surface area contributed by atoms with Crippen molar-refractivity contribution in [1.29, 1.82) is 0 Å². The molecule has 0 saturated carbocycles. The quantitative estimate of drug-likeness (QED) is 0.539. The summed E-state index contributed by atoms with van der Waals surface area (Å²) in [5, 5.41) is 12.7.